The SMILES string of the molecule is CNc1ccc(C(F)(F)C(F)(c2ccc(NC)c(N)c2)C(F)(F)F)cc1N. The van der Waals surface area contributed by atoms with Gasteiger partial charge in [-0.05, 0) is 24.3 Å². The van der Waals surface area contributed by atoms with Crippen LogP contribution in [0.4, 0.5) is 49.1 Å². The van der Waals surface area contributed by atoms with Gasteiger partial charge in [0.2, 0.25) is 0 Å². The standard InChI is InChI=1S/C17H18F6N4/c1-26-13-5-3-9(7-11(13)24)15(18,17(21,22)23)16(19,20)10-4-6-14(27-2)12(25)8-10/h3-8,26-27H,24-25H2,1-2H3. The molecule has 0 aliphatic rings. The lowest BCUT2D eigenvalue weighted by atomic mass is 9.83. The normalized spacial score (nSPS) is 14.5. The van der Waals surface area contributed by atoms with E-state index in [-0.39, 0.29) is 22.7 Å². The number of rotatable bonds is 5. The zero-order chi connectivity index (χ0) is 20.6. The summed E-state index contributed by atoms with van der Waals surface area (Å²) in [6.07, 6.45) is -5.93. The van der Waals surface area contributed by atoms with Gasteiger partial charge in [-0.1, -0.05) is 12.1 Å². The van der Waals surface area contributed by atoms with Crippen LogP contribution < -0.4 is 22.1 Å². The van der Waals surface area contributed by atoms with Crippen LogP contribution in [0.5, 0.6) is 0 Å². The van der Waals surface area contributed by atoms with Crippen LogP contribution in [-0.4, -0.2) is 20.3 Å². The molecule has 27 heavy (non-hydrogen) atoms. The molecule has 0 saturated carbocycles. The van der Waals surface area contributed by atoms with Crippen LogP contribution in [0.25, 0.3) is 0 Å². The van der Waals surface area contributed by atoms with Crippen molar-refractivity contribution in [3.8, 4) is 0 Å². The van der Waals surface area contributed by atoms with Gasteiger partial charge < -0.3 is 22.1 Å². The first-order valence-electron chi connectivity index (χ1n) is 7.69. The molecular formula is C17H18F6N4. The van der Waals surface area contributed by atoms with E-state index in [9.17, 15) is 22.0 Å². The lowest BCUT2D eigenvalue weighted by Gasteiger charge is -2.36. The fourth-order valence-electron chi connectivity index (χ4n) is 2.71. The van der Waals surface area contributed by atoms with E-state index in [1.165, 1.54) is 14.1 Å². The Morgan fingerprint density at radius 1 is 0.704 bits per heavy atom. The first kappa shape index (κ1) is 20.5. The van der Waals surface area contributed by atoms with E-state index in [0.717, 1.165) is 12.1 Å². The van der Waals surface area contributed by atoms with Gasteiger partial charge in [-0.2, -0.15) is 22.0 Å². The molecule has 2 aromatic rings. The molecule has 0 radical (unpaired) electrons. The molecule has 0 aromatic heterocycles. The van der Waals surface area contributed by atoms with Crippen molar-refractivity contribution in [3.63, 3.8) is 0 Å². The van der Waals surface area contributed by atoms with E-state index in [1.807, 2.05) is 0 Å². The molecule has 10 heteroatoms. The summed E-state index contributed by atoms with van der Waals surface area (Å²) in [7, 11) is 2.88. The Bertz CT molecular complexity index is 837. The maximum atomic E-state index is 15.2. The lowest BCUT2D eigenvalue weighted by molar-refractivity contribution is -0.314. The fraction of sp³-hybridized carbons (Fsp3) is 0.294. The third kappa shape index (κ3) is 3.19. The van der Waals surface area contributed by atoms with Crippen molar-refractivity contribution in [1.29, 1.82) is 0 Å². The topological polar surface area (TPSA) is 76.1 Å². The highest BCUT2D eigenvalue weighted by Crippen LogP contribution is 2.57. The first-order chi connectivity index (χ1) is 12.4. The molecule has 2 rings (SSSR count). The minimum Gasteiger partial charge on any atom is -0.397 e. The molecule has 0 saturated heterocycles. The molecule has 0 heterocycles. The van der Waals surface area contributed by atoms with Gasteiger partial charge in [0.25, 0.3) is 5.67 Å². The molecule has 6 N–H and O–H groups in total. The third-order valence-electron chi connectivity index (χ3n) is 4.23. The van der Waals surface area contributed by atoms with Crippen LogP contribution in [0.2, 0.25) is 0 Å². The molecule has 1 unspecified atom stereocenters. The molecule has 0 spiro atoms. The number of hydrogen-bond donors (Lipinski definition) is 4. The van der Waals surface area contributed by atoms with Crippen LogP contribution in [0.15, 0.2) is 36.4 Å². The molecule has 0 amide bonds. The number of benzene rings is 2. The molecular weight excluding hydrogens is 374 g/mol. The van der Waals surface area contributed by atoms with Gasteiger partial charge in [0, 0.05) is 25.2 Å². The number of hydrogen-bond acceptors (Lipinski definition) is 4. The van der Waals surface area contributed by atoms with Gasteiger partial charge in [0.15, 0.2) is 0 Å². The minimum atomic E-state index is -5.93. The van der Waals surface area contributed by atoms with Gasteiger partial charge in [-0.15, -0.1) is 0 Å². The molecule has 4 nitrogen and oxygen atoms in total. The first-order valence-corrected chi connectivity index (χ1v) is 7.69. The molecule has 2 aromatic carbocycles. The summed E-state index contributed by atoms with van der Waals surface area (Å²) in [5.41, 5.74) is 3.40. The summed E-state index contributed by atoms with van der Waals surface area (Å²) >= 11 is 0. The summed E-state index contributed by atoms with van der Waals surface area (Å²) in [6, 6.07) is 4.51. The summed E-state index contributed by atoms with van der Waals surface area (Å²) in [5, 5.41) is 5.15. The summed E-state index contributed by atoms with van der Waals surface area (Å²) in [5.74, 6) is -4.97. The predicted molar refractivity (Wildman–Crippen MR) is 93.5 cm³/mol. The van der Waals surface area contributed by atoms with Gasteiger partial charge in [-0.3, -0.25) is 0 Å². The quantitative estimate of drug-likeness (QED) is 0.448. The average Bonchev–Trinajstić information content (AvgIpc) is 2.59. The second-order valence-electron chi connectivity index (χ2n) is 5.83. The summed E-state index contributed by atoms with van der Waals surface area (Å²) in [6.45, 7) is 0. The number of anilines is 4. The Balaban J connectivity index is 2.71. The van der Waals surface area contributed by atoms with Gasteiger partial charge in [-0.25, -0.2) is 4.39 Å². The molecule has 0 aliphatic heterocycles. The van der Waals surface area contributed by atoms with Crippen LogP contribution in [-0.2, 0) is 11.6 Å². The third-order valence-corrected chi connectivity index (χ3v) is 4.23. The van der Waals surface area contributed by atoms with Crippen LogP contribution in [0.1, 0.15) is 11.1 Å². The largest absolute Gasteiger partial charge is 0.433 e. The van der Waals surface area contributed by atoms with Gasteiger partial charge >= 0.3 is 12.1 Å². The predicted octanol–water partition coefficient (Wildman–Crippen LogP) is 4.45. The van der Waals surface area contributed by atoms with Crippen molar-refractivity contribution in [2.75, 3.05) is 36.2 Å². The highest BCUT2D eigenvalue weighted by molar-refractivity contribution is 5.69. The summed E-state index contributed by atoms with van der Waals surface area (Å²) in [4.78, 5) is 0. The maximum Gasteiger partial charge on any atom is 0.433 e. The number of halogens is 6. The Kier molecular flexibility index (Phi) is 5.13. The van der Waals surface area contributed by atoms with Crippen molar-refractivity contribution in [2.24, 2.45) is 0 Å². The Hall–Kier alpha value is -2.78. The van der Waals surface area contributed by atoms with E-state index in [0.29, 0.717) is 24.3 Å². The molecule has 0 bridgehead atoms. The van der Waals surface area contributed by atoms with Gasteiger partial charge in [0.1, 0.15) is 0 Å². The van der Waals surface area contributed by atoms with Crippen molar-refractivity contribution >= 4 is 22.7 Å². The number of nitrogen functional groups attached to an aromatic ring is 2. The zero-order valence-electron chi connectivity index (χ0n) is 14.4. The second-order valence-corrected chi connectivity index (χ2v) is 5.83. The van der Waals surface area contributed by atoms with Crippen LogP contribution >= 0.6 is 0 Å². The maximum absolute atomic E-state index is 15.2. The summed E-state index contributed by atoms with van der Waals surface area (Å²) < 4.78 is 85.7. The lowest BCUT2D eigenvalue weighted by Crippen LogP contribution is -2.51. The average molecular weight is 392 g/mol. The van der Waals surface area contributed by atoms with Crippen molar-refractivity contribution in [2.45, 2.75) is 17.8 Å². The second kappa shape index (κ2) is 6.75. The minimum absolute atomic E-state index is 0.175. The van der Waals surface area contributed by atoms with Gasteiger partial charge in [0.05, 0.1) is 22.7 Å². The smallest absolute Gasteiger partial charge is 0.397 e. The molecule has 0 aliphatic carbocycles. The number of alkyl halides is 6. The Morgan fingerprint density at radius 3 is 1.48 bits per heavy atom. The molecule has 1 atom stereocenters. The van der Waals surface area contributed by atoms with Crippen LogP contribution in [0.3, 0.4) is 0 Å². The monoisotopic (exact) mass is 392 g/mol. The van der Waals surface area contributed by atoms with Crippen molar-refractivity contribution in [1.82, 2.24) is 0 Å². The molecule has 148 valence electrons. The van der Waals surface area contributed by atoms with E-state index in [2.05, 4.69) is 10.6 Å². The fourth-order valence-corrected chi connectivity index (χ4v) is 2.71. The zero-order valence-corrected chi connectivity index (χ0v) is 14.4. The Morgan fingerprint density at radius 2 is 1.11 bits per heavy atom. The highest BCUT2D eigenvalue weighted by Gasteiger charge is 2.72. The molecule has 0 fully saturated rings. The van der Waals surface area contributed by atoms with E-state index >= 15 is 4.39 Å². The van der Waals surface area contributed by atoms with E-state index < -0.39 is 28.9 Å². The number of nitrogens with one attached hydrogen (secondary N) is 2. The highest BCUT2D eigenvalue weighted by atomic mass is 19.4. The number of nitrogens with two attached hydrogens (primary N) is 2. The van der Waals surface area contributed by atoms with Crippen molar-refractivity contribution < 1.29 is 26.3 Å². The van der Waals surface area contributed by atoms with E-state index in [4.69, 9.17) is 11.5 Å². The van der Waals surface area contributed by atoms with Crippen LogP contribution in [0, 0.1) is 0 Å². The van der Waals surface area contributed by atoms with E-state index in [1.54, 1.807) is 0 Å². The van der Waals surface area contributed by atoms with Crippen molar-refractivity contribution in [3.05, 3.63) is 47.5 Å². The Labute approximate surface area is 151 Å².